The number of esters is 1. The van der Waals surface area contributed by atoms with Crippen molar-refractivity contribution < 1.29 is 14.3 Å². The van der Waals surface area contributed by atoms with Gasteiger partial charge in [0.15, 0.2) is 0 Å². The molecule has 0 aliphatic carbocycles. The fourth-order valence-corrected chi connectivity index (χ4v) is 0.819. The van der Waals surface area contributed by atoms with Gasteiger partial charge in [0, 0.05) is 12.5 Å². The topological polar surface area (TPSA) is 35.5 Å². The van der Waals surface area contributed by atoms with Crippen LogP contribution in [0.5, 0.6) is 0 Å². The molecule has 0 N–H and O–H groups in total. The predicted octanol–water partition coefficient (Wildman–Crippen LogP) is 0.852. The Morgan fingerprint density at radius 2 is 2.60 bits per heavy atom. The molecule has 0 aromatic heterocycles. The van der Waals surface area contributed by atoms with Crippen LogP contribution in [0, 0.1) is 0 Å². The van der Waals surface area contributed by atoms with Gasteiger partial charge in [-0.1, -0.05) is 6.58 Å². The molecule has 3 heteroatoms. The minimum absolute atomic E-state index is 0.328. The fraction of sp³-hybridized carbons (Fsp3) is 0.571. The lowest BCUT2D eigenvalue weighted by Gasteiger charge is -2.07. The fourth-order valence-electron chi connectivity index (χ4n) is 0.819. The van der Waals surface area contributed by atoms with E-state index >= 15 is 0 Å². The van der Waals surface area contributed by atoms with Gasteiger partial charge in [0.2, 0.25) is 6.29 Å². The molecule has 1 rings (SSSR count). The summed E-state index contributed by atoms with van der Waals surface area (Å²) in [6.07, 6.45) is 2.58. The number of ether oxygens (including phenoxy) is 2. The second-order valence-corrected chi connectivity index (χ2v) is 2.08. The zero-order chi connectivity index (χ0) is 7.40. The average molecular weight is 142 g/mol. The Kier molecular flexibility index (Phi) is 2.45. The van der Waals surface area contributed by atoms with Gasteiger partial charge in [-0.25, -0.2) is 4.79 Å². The van der Waals surface area contributed by atoms with Crippen LogP contribution in [0.4, 0.5) is 0 Å². The number of carbonyl (C=O) groups is 1. The monoisotopic (exact) mass is 142 g/mol. The molecule has 0 bridgehead atoms. The molecule has 10 heavy (non-hydrogen) atoms. The van der Waals surface area contributed by atoms with Crippen molar-refractivity contribution >= 4 is 5.97 Å². The van der Waals surface area contributed by atoms with E-state index < -0.39 is 5.97 Å². The maximum atomic E-state index is 10.5. The molecule has 0 spiro atoms. The van der Waals surface area contributed by atoms with Gasteiger partial charge in [0.25, 0.3) is 0 Å². The Hall–Kier alpha value is -0.830. The largest absolute Gasteiger partial charge is 0.433 e. The van der Waals surface area contributed by atoms with E-state index in [9.17, 15) is 4.79 Å². The van der Waals surface area contributed by atoms with Crippen molar-refractivity contribution in [2.24, 2.45) is 0 Å². The highest BCUT2D eigenvalue weighted by atomic mass is 16.7. The lowest BCUT2D eigenvalue weighted by Crippen LogP contribution is -2.14. The van der Waals surface area contributed by atoms with E-state index in [-0.39, 0.29) is 6.29 Å². The third-order valence-electron chi connectivity index (χ3n) is 1.30. The first-order valence-electron chi connectivity index (χ1n) is 3.27. The highest BCUT2D eigenvalue weighted by molar-refractivity contribution is 5.81. The highest BCUT2D eigenvalue weighted by Gasteiger charge is 2.17. The van der Waals surface area contributed by atoms with Crippen LogP contribution in [-0.2, 0) is 14.3 Å². The zero-order valence-corrected chi connectivity index (χ0v) is 5.71. The quantitative estimate of drug-likeness (QED) is 0.423. The van der Waals surface area contributed by atoms with Gasteiger partial charge in [-0.05, 0) is 6.42 Å². The van der Waals surface area contributed by atoms with E-state index in [4.69, 9.17) is 9.47 Å². The molecule has 0 radical (unpaired) electrons. The molecule has 3 nitrogen and oxygen atoms in total. The van der Waals surface area contributed by atoms with Gasteiger partial charge >= 0.3 is 5.97 Å². The summed E-state index contributed by atoms with van der Waals surface area (Å²) < 4.78 is 9.82. The Bertz CT molecular complexity index is 136. The molecule has 1 atom stereocenters. The number of carbonyl (C=O) groups excluding carboxylic acids is 1. The summed E-state index contributed by atoms with van der Waals surface area (Å²) in [6, 6.07) is 0. The number of rotatable bonds is 2. The van der Waals surface area contributed by atoms with Crippen molar-refractivity contribution in [3.05, 3.63) is 12.7 Å². The first-order valence-corrected chi connectivity index (χ1v) is 3.27. The highest BCUT2D eigenvalue weighted by Crippen LogP contribution is 2.12. The summed E-state index contributed by atoms with van der Waals surface area (Å²) in [5.74, 6) is -0.410. The number of hydrogen-bond donors (Lipinski definition) is 0. The smallest absolute Gasteiger partial charge is 0.332 e. The molecule has 1 aliphatic rings. The molecule has 56 valence electrons. The van der Waals surface area contributed by atoms with E-state index in [2.05, 4.69) is 6.58 Å². The molecule has 1 unspecified atom stereocenters. The molecule has 0 aromatic carbocycles. The van der Waals surface area contributed by atoms with Gasteiger partial charge in [0.05, 0.1) is 6.61 Å². The summed E-state index contributed by atoms with van der Waals surface area (Å²) in [5, 5.41) is 0. The van der Waals surface area contributed by atoms with Crippen molar-refractivity contribution in [3.63, 3.8) is 0 Å². The minimum Gasteiger partial charge on any atom is -0.433 e. The first-order chi connectivity index (χ1) is 4.83. The van der Waals surface area contributed by atoms with Crippen LogP contribution in [-0.4, -0.2) is 18.9 Å². The summed E-state index contributed by atoms with van der Waals surface area (Å²) >= 11 is 0. The van der Waals surface area contributed by atoms with Crippen LogP contribution in [0.15, 0.2) is 12.7 Å². The Balaban J connectivity index is 2.23. The lowest BCUT2D eigenvalue weighted by atomic mass is 10.4. The van der Waals surface area contributed by atoms with Gasteiger partial charge < -0.3 is 9.47 Å². The number of hydrogen-bond acceptors (Lipinski definition) is 3. The van der Waals surface area contributed by atoms with Gasteiger partial charge in [0.1, 0.15) is 0 Å². The molecule has 1 aliphatic heterocycles. The van der Waals surface area contributed by atoms with Crippen molar-refractivity contribution in [2.75, 3.05) is 6.61 Å². The third-order valence-corrected chi connectivity index (χ3v) is 1.30. The van der Waals surface area contributed by atoms with Crippen molar-refractivity contribution in [3.8, 4) is 0 Å². The van der Waals surface area contributed by atoms with Crippen LogP contribution < -0.4 is 0 Å². The molecule has 0 saturated carbocycles. The minimum atomic E-state index is -0.410. The SMILES string of the molecule is C=CC(=O)OC1CCCO1. The molecule has 1 heterocycles. The van der Waals surface area contributed by atoms with Gasteiger partial charge in [-0.15, -0.1) is 0 Å². The molecule has 1 saturated heterocycles. The average Bonchev–Trinajstić information content (AvgIpc) is 2.40. The van der Waals surface area contributed by atoms with E-state index in [1.165, 1.54) is 0 Å². The summed E-state index contributed by atoms with van der Waals surface area (Å²) in [7, 11) is 0. The van der Waals surface area contributed by atoms with E-state index in [0.29, 0.717) is 6.61 Å². The maximum absolute atomic E-state index is 10.5. The lowest BCUT2D eigenvalue weighted by molar-refractivity contribution is -0.163. The maximum Gasteiger partial charge on any atom is 0.332 e. The van der Waals surface area contributed by atoms with Gasteiger partial charge in [-0.3, -0.25) is 0 Å². The van der Waals surface area contributed by atoms with Crippen LogP contribution in [0.3, 0.4) is 0 Å². The second-order valence-electron chi connectivity index (χ2n) is 2.08. The standard InChI is InChI=1S/C7H10O3/c1-2-6(8)10-7-4-3-5-9-7/h2,7H,1,3-5H2. The van der Waals surface area contributed by atoms with Crippen LogP contribution in [0.25, 0.3) is 0 Å². The van der Waals surface area contributed by atoms with E-state index in [1.807, 2.05) is 0 Å². The molecular weight excluding hydrogens is 132 g/mol. The van der Waals surface area contributed by atoms with Crippen LogP contribution in [0.2, 0.25) is 0 Å². The molecule has 0 amide bonds. The Labute approximate surface area is 59.6 Å². The van der Waals surface area contributed by atoms with E-state index in [0.717, 1.165) is 18.9 Å². The van der Waals surface area contributed by atoms with Crippen LogP contribution >= 0.6 is 0 Å². The Morgan fingerprint density at radius 3 is 3.10 bits per heavy atom. The molecule has 0 aromatic rings. The third kappa shape index (κ3) is 1.84. The summed E-state index contributed by atoms with van der Waals surface area (Å²) in [6.45, 7) is 3.96. The van der Waals surface area contributed by atoms with Gasteiger partial charge in [-0.2, -0.15) is 0 Å². The zero-order valence-electron chi connectivity index (χ0n) is 5.71. The molecular formula is C7H10O3. The Morgan fingerprint density at radius 1 is 1.80 bits per heavy atom. The predicted molar refractivity (Wildman–Crippen MR) is 35.3 cm³/mol. The molecule has 1 fully saturated rings. The van der Waals surface area contributed by atoms with E-state index in [1.54, 1.807) is 0 Å². The van der Waals surface area contributed by atoms with Crippen LogP contribution in [0.1, 0.15) is 12.8 Å². The second kappa shape index (κ2) is 3.37. The normalized spacial score (nSPS) is 24.2. The van der Waals surface area contributed by atoms with Crippen molar-refractivity contribution in [1.29, 1.82) is 0 Å². The summed E-state index contributed by atoms with van der Waals surface area (Å²) in [4.78, 5) is 10.5. The summed E-state index contributed by atoms with van der Waals surface area (Å²) in [5.41, 5.74) is 0. The van der Waals surface area contributed by atoms with Crippen molar-refractivity contribution in [1.82, 2.24) is 0 Å². The first kappa shape index (κ1) is 7.28. The van der Waals surface area contributed by atoms with Crippen molar-refractivity contribution in [2.45, 2.75) is 19.1 Å².